The molecule has 1 aliphatic rings. The van der Waals surface area contributed by atoms with Gasteiger partial charge in [-0.3, -0.25) is 9.59 Å². The number of hydrogen-bond acceptors (Lipinski definition) is 4. The number of Topliss-reactive ketones (excluding diaryl/α,β-unsaturated/α-hetero) is 1. The molecule has 1 aliphatic heterocycles. The summed E-state index contributed by atoms with van der Waals surface area (Å²) in [5.41, 5.74) is 9.35. The van der Waals surface area contributed by atoms with E-state index < -0.39 is 12.0 Å². The second-order valence-electron chi connectivity index (χ2n) is 7.58. The first kappa shape index (κ1) is 20.6. The summed E-state index contributed by atoms with van der Waals surface area (Å²) >= 11 is 0. The zero-order valence-electron chi connectivity index (χ0n) is 17.3. The van der Waals surface area contributed by atoms with E-state index in [4.69, 9.17) is 15.2 Å². The van der Waals surface area contributed by atoms with Gasteiger partial charge in [-0.2, -0.15) is 0 Å². The van der Waals surface area contributed by atoms with Crippen LogP contribution in [0.2, 0.25) is 0 Å². The number of hydrogen-bond donors (Lipinski definition) is 1. The number of amides is 1. The lowest BCUT2D eigenvalue weighted by Gasteiger charge is -2.26. The Balaban J connectivity index is 1.79. The Morgan fingerprint density at radius 1 is 1.06 bits per heavy atom. The number of aryl methyl sites for hydroxylation is 1. The molecule has 0 saturated carbocycles. The lowest BCUT2D eigenvalue weighted by molar-refractivity contribution is 0.0931. The van der Waals surface area contributed by atoms with Crippen molar-refractivity contribution in [3.05, 3.63) is 93.8 Å². The number of benzene rings is 3. The molecule has 5 nitrogen and oxygen atoms in total. The van der Waals surface area contributed by atoms with E-state index >= 15 is 0 Å². The van der Waals surface area contributed by atoms with Gasteiger partial charge in [-0.25, -0.2) is 4.39 Å². The molecule has 0 saturated heterocycles. The minimum Gasteiger partial charge on any atom is -0.492 e. The Bertz CT molecular complexity index is 1150. The molecule has 1 atom stereocenters. The van der Waals surface area contributed by atoms with Gasteiger partial charge in [-0.15, -0.1) is 0 Å². The second-order valence-corrected chi connectivity index (χ2v) is 7.58. The summed E-state index contributed by atoms with van der Waals surface area (Å²) in [6.07, 6.45) is -0.214. The third-order valence-electron chi connectivity index (χ3n) is 5.43. The highest BCUT2D eigenvalue weighted by Crippen LogP contribution is 2.40. The lowest BCUT2D eigenvalue weighted by atomic mass is 9.96. The van der Waals surface area contributed by atoms with Gasteiger partial charge in [0, 0.05) is 17.5 Å². The number of ether oxygens (including phenoxy) is 2. The molecule has 31 heavy (non-hydrogen) atoms. The molecule has 0 spiro atoms. The molecular formula is C25H22FNO4. The third kappa shape index (κ3) is 4.01. The SMILES string of the molecule is Cc1cc2c(c(C)c1O[C@H](c1ccc(F)cc1)c1ccc(C(N)=O)cc1)OCCC2=O. The molecule has 0 aromatic heterocycles. The van der Waals surface area contributed by atoms with Gasteiger partial charge < -0.3 is 15.2 Å². The first-order valence-electron chi connectivity index (χ1n) is 9.97. The quantitative estimate of drug-likeness (QED) is 0.652. The van der Waals surface area contributed by atoms with Crippen LogP contribution in [0.1, 0.15) is 55.5 Å². The first-order valence-corrected chi connectivity index (χ1v) is 9.97. The summed E-state index contributed by atoms with van der Waals surface area (Å²) < 4.78 is 25.8. The molecule has 0 bridgehead atoms. The maximum Gasteiger partial charge on any atom is 0.248 e. The summed E-state index contributed by atoms with van der Waals surface area (Å²) in [6.45, 7) is 4.07. The average molecular weight is 419 g/mol. The van der Waals surface area contributed by atoms with Gasteiger partial charge >= 0.3 is 0 Å². The molecule has 158 valence electrons. The normalized spacial score (nSPS) is 13.8. The fourth-order valence-electron chi connectivity index (χ4n) is 3.81. The predicted molar refractivity (Wildman–Crippen MR) is 114 cm³/mol. The Labute approximate surface area is 179 Å². The standard InChI is InChI=1S/C25H22FNO4/c1-14-13-20-21(28)11-12-30-23(20)15(2)22(14)31-24(17-7-9-19(26)10-8-17)16-3-5-18(6-4-16)25(27)29/h3-10,13,24H,11-12H2,1-2H3,(H2,27,29)/t24-/m0/s1. The van der Waals surface area contributed by atoms with Crippen LogP contribution in [0.5, 0.6) is 11.5 Å². The molecule has 1 heterocycles. The predicted octanol–water partition coefficient (Wildman–Crippen LogP) is 4.68. The minimum atomic E-state index is -0.572. The minimum absolute atomic E-state index is 0.0520. The fourth-order valence-corrected chi connectivity index (χ4v) is 3.81. The van der Waals surface area contributed by atoms with Crippen molar-refractivity contribution in [2.24, 2.45) is 5.73 Å². The zero-order valence-corrected chi connectivity index (χ0v) is 17.3. The van der Waals surface area contributed by atoms with Crippen LogP contribution in [0.4, 0.5) is 4.39 Å². The topological polar surface area (TPSA) is 78.6 Å². The summed E-state index contributed by atoms with van der Waals surface area (Å²) in [6, 6.07) is 14.6. The number of carbonyl (C=O) groups excluding carboxylic acids is 2. The van der Waals surface area contributed by atoms with Crippen molar-refractivity contribution >= 4 is 11.7 Å². The number of ketones is 1. The highest BCUT2D eigenvalue weighted by molar-refractivity contribution is 6.00. The molecule has 1 amide bonds. The number of halogens is 1. The maximum atomic E-state index is 13.5. The highest BCUT2D eigenvalue weighted by Gasteiger charge is 2.26. The fraction of sp³-hybridized carbons (Fsp3) is 0.200. The molecule has 0 radical (unpaired) electrons. The lowest BCUT2D eigenvalue weighted by Crippen LogP contribution is -2.18. The molecule has 3 aromatic carbocycles. The van der Waals surface area contributed by atoms with Crippen LogP contribution in [0.15, 0.2) is 54.6 Å². The van der Waals surface area contributed by atoms with E-state index in [-0.39, 0.29) is 11.6 Å². The molecular weight excluding hydrogens is 397 g/mol. The Morgan fingerprint density at radius 2 is 1.68 bits per heavy atom. The van der Waals surface area contributed by atoms with Crippen LogP contribution in [0, 0.1) is 19.7 Å². The van der Waals surface area contributed by atoms with Crippen LogP contribution in [0.3, 0.4) is 0 Å². The summed E-state index contributed by atoms with van der Waals surface area (Å²) in [5, 5.41) is 0. The van der Waals surface area contributed by atoms with Crippen molar-refractivity contribution in [2.75, 3.05) is 6.61 Å². The van der Waals surface area contributed by atoms with Crippen LogP contribution >= 0.6 is 0 Å². The van der Waals surface area contributed by atoms with Crippen LogP contribution < -0.4 is 15.2 Å². The van der Waals surface area contributed by atoms with Gasteiger partial charge in [0.05, 0.1) is 12.2 Å². The molecule has 3 aromatic rings. The van der Waals surface area contributed by atoms with Crippen molar-refractivity contribution in [1.29, 1.82) is 0 Å². The van der Waals surface area contributed by atoms with Gasteiger partial charge in [-0.1, -0.05) is 24.3 Å². The van der Waals surface area contributed by atoms with E-state index in [2.05, 4.69) is 0 Å². The molecule has 4 rings (SSSR count). The first-order chi connectivity index (χ1) is 14.8. The number of carbonyl (C=O) groups is 2. The molecule has 0 unspecified atom stereocenters. The monoisotopic (exact) mass is 419 g/mol. The summed E-state index contributed by atoms with van der Waals surface area (Å²) in [5.74, 6) is 0.324. The van der Waals surface area contributed by atoms with Crippen molar-refractivity contribution in [1.82, 2.24) is 0 Å². The van der Waals surface area contributed by atoms with E-state index in [0.717, 1.165) is 22.3 Å². The Kier molecular flexibility index (Phi) is 5.46. The smallest absolute Gasteiger partial charge is 0.248 e. The van der Waals surface area contributed by atoms with Crippen LogP contribution in [-0.4, -0.2) is 18.3 Å². The van der Waals surface area contributed by atoms with Gasteiger partial charge in [0.15, 0.2) is 5.78 Å². The van der Waals surface area contributed by atoms with E-state index in [1.54, 1.807) is 42.5 Å². The molecule has 6 heteroatoms. The molecule has 2 N–H and O–H groups in total. The van der Waals surface area contributed by atoms with Gasteiger partial charge in [0.2, 0.25) is 5.91 Å². The van der Waals surface area contributed by atoms with Crippen LogP contribution in [0.25, 0.3) is 0 Å². The highest BCUT2D eigenvalue weighted by atomic mass is 19.1. The largest absolute Gasteiger partial charge is 0.492 e. The average Bonchev–Trinajstić information content (AvgIpc) is 2.76. The van der Waals surface area contributed by atoms with Crippen LogP contribution in [-0.2, 0) is 0 Å². The summed E-state index contributed by atoms with van der Waals surface area (Å²) in [7, 11) is 0. The number of rotatable bonds is 5. The summed E-state index contributed by atoms with van der Waals surface area (Å²) in [4.78, 5) is 23.7. The second kappa shape index (κ2) is 8.22. The zero-order chi connectivity index (χ0) is 22.1. The van der Waals surface area contributed by atoms with E-state index in [1.807, 2.05) is 13.8 Å². The maximum absolute atomic E-state index is 13.5. The van der Waals surface area contributed by atoms with E-state index in [9.17, 15) is 14.0 Å². The molecule has 0 fully saturated rings. The number of primary amides is 1. The van der Waals surface area contributed by atoms with Crippen molar-refractivity contribution in [3.63, 3.8) is 0 Å². The van der Waals surface area contributed by atoms with E-state index in [0.29, 0.717) is 35.7 Å². The Morgan fingerprint density at radius 3 is 2.29 bits per heavy atom. The van der Waals surface area contributed by atoms with E-state index in [1.165, 1.54) is 12.1 Å². The Hall–Kier alpha value is -3.67. The van der Waals surface area contributed by atoms with Crippen molar-refractivity contribution in [3.8, 4) is 11.5 Å². The van der Waals surface area contributed by atoms with Gasteiger partial charge in [-0.05, 0) is 60.9 Å². The third-order valence-corrected chi connectivity index (χ3v) is 5.43. The van der Waals surface area contributed by atoms with Crippen molar-refractivity contribution in [2.45, 2.75) is 26.4 Å². The number of fused-ring (bicyclic) bond motifs is 1. The van der Waals surface area contributed by atoms with Gasteiger partial charge in [0.25, 0.3) is 0 Å². The number of nitrogens with two attached hydrogens (primary N) is 1. The van der Waals surface area contributed by atoms with Crippen molar-refractivity contribution < 1.29 is 23.5 Å². The molecule has 0 aliphatic carbocycles. The van der Waals surface area contributed by atoms with Gasteiger partial charge in [0.1, 0.15) is 23.4 Å².